The number of hydrogen-bond acceptors (Lipinski definition) is 8. The lowest BCUT2D eigenvalue weighted by molar-refractivity contribution is -0.192. The maximum absolute atomic E-state index is 10.6. The third kappa shape index (κ3) is 6.34. The van der Waals surface area contributed by atoms with Crippen molar-refractivity contribution in [2.24, 2.45) is 0 Å². The van der Waals surface area contributed by atoms with Crippen molar-refractivity contribution < 1.29 is 23.1 Å². The molecule has 0 spiro atoms. The fraction of sp³-hybridized carbons (Fsp3) is 0.375. The predicted molar refractivity (Wildman–Crippen MR) is 130 cm³/mol. The van der Waals surface area contributed by atoms with E-state index in [0.717, 1.165) is 73.5 Å². The Bertz CT molecular complexity index is 1260. The summed E-state index contributed by atoms with van der Waals surface area (Å²) in [6.07, 6.45) is 2.79. The van der Waals surface area contributed by atoms with Crippen LogP contribution >= 0.6 is 0 Å². The Balaban J connectivity index is 0.000000405. The smallest absolute Gasteiger partial charge is 0.475 e. The quantitative estimate of drug-likeness (QED) is 0.480. The van der Waals surface area contributed by atoms with Crippen LogP contribution in [0.1, 0.15) is 18.4 Å². The van der Waals surface area contributed by atoms with Gasteiger partial charge in [0, 0.05) is 74.7 Å². The van der Waals surface area contributed by atoms with E-state index in [1.54, 1.807) is 6.20 Å². The first kappa shape index (κ1) is 25.9. The number of alkyl halides is 3. The lowest BCUT2D eigenvalue weighted by Crippen LogP contribution is -2.44. The Morgan fingerprint density at radius 1 is 1.00 bits per heavy atom. The van der Waals surface area contributed by atoms with Crippen LogP contribution in [0.5, 0.6) is 0 Å². The second kappa shape index (κ2) is 11.3. The van der Waals surface area contributed by atoms with Gasteiger partial charge < -0.3 is 25.2 Å². The van der Waals surface area contributed by atoms with Crippen molar-refractivity contribution in [1.82, 2.24) is 25.3 Å². The van der Waals surface area contributed by atoms with Crippen LogP contribution in [-0.4, -0.2) is 76.5 Å². The molecule has 2 fully saturated rings. The predicted octanol–water partition coefficient (Wildman–Crippen LogP) is 3.05. The zero-order valence-corrected chi connectivity index (χ0v) is 19.8. The summed E-state index contributed by atoms with van der Waals surface area (Å²) in [7, 11) is 0. The Morgan fingerprint density at radius 3 is 2.24 bits per heavy atom. The van der Waals surface area contributed by atoms with Gasteiger partial charge in [-0.1, -0.05) is 0 Å². The van der Waals surface area contributed by atoms with Crippen molar-refractivity contribution >= 4 is 17.7 Å². The molecule has 0 atom stereocenters. The fourth-order valence-electron chi connectivity index (χ4n) is 4.11. The average molecular weight is 515 g/mol. The number of aromatic amines is 1. The second-order valence-corrected chi connectivity index (χ2v) is 8.49. The van der Waals surface area contributed by atoms with Crippen molar-refractivity contribution in [2.45, 2.75) is 19.0 Å². The summed E-state index contributed by atoms with van der Waals surface area (Å²) in [5, 5.41) is 20.1. The minimum Gasteiger partial charge on any atom is -0.475 e. The summed E-state index contributed by atoms with van der Waals surface area (Å²) in [5.74, 6) is -1.07. The maximum atomic E-state index is 10.6. The summed E-state index contributed by atoms with van der Waals surface area (Å²) in [5.41, 5.74) is 4.27. The van der Waals surface area contributed by atoms with Crippen molar-refractivity contribution in [3.63, 3.8) is 0 Å². The van der Waals surface area contributed by atoms with Gasteiger partial charge in [0.05, 0.1) is 11.3 Å². The van der Waals surface area contributed by atoms with E-state index in [1.165, 1.54) is 12.8 Å². The number of aromatic nitrogens is 4. The van der Waals surface area contributed by atoms with Crippen molar-refractivity contribution in [3.05, 3.63) is 42.4 Å². The number of carboxylic acid groups (broad SMARTS) is 1. The highest BCUT2D eigenvalue weighted by Crippen LogP contribution is 2.29. The number of nitrogens with zero attached hydrogens (tertiary/aromatic N) is 6. The van der Waals surface area contributed by atoms with Crippen molar-refractivity contribution in [1.29, 1.82) is 5.26 Å². The van der Waals surface area contributed by atoms with Gasteiger partial charge >= 0.3 is 12.1 Å². The molecule has 5 heterocycles. The Morgan fingerprint density at radius 2 is 1.65 bits per heavy atom. The molecule has 0 aromatic carbocycles. The minimum atomic E-state index is -5.08. The molecule has 0 radical (unpaired) electrons. The second-order valence-electron chi connectivity index (χ2n) is 8.49. The summed E-state index contributed by atoms with van der Waals surface area (Å²) in [6.45, 7) is 5.67. The summed E-state index contributed by atoms with van der Waals surface area (Å²) in [4.78, 5) is 30.4. The van der Waals surface area contributed by atoms with Crippen LogP contribution in [0.4, 0.5) is 24.9 Å². The van der Waals surface area contributed by atoms with Crippen LogP contribution in [0.15, 0.2) is 36.8 Å². The SMILES string of the molecule is N#Cc1cc(-c2ccnc(-c3cnc(N4CCCC4)nc3)c2)[nH]c1N1CCNCC1.O=C(O)C(F)(F)F. The first-order chi connectivity index (χ1) is 17.8. The molecule has 13 heteroatoms. The molecule has 194 valence electrons. The third-order valence-corrected chi connectivity index (χ3v) is 5.99. The molecule has 2 saturated heterocycles. The molecule has 5 rings (SSSR count). The van der Waals surface area contributed by atoms with E-state index < -0.39 is 12.1 Å². The van der Waals surface area contributed by atoms with E-state index in [9.17, 15) is 18.4 Å². The maximum Gasteiger partial charge on any atom is 0.490 e. The van der Waals surface area contributed by atoms with Crippen LogP contribution in [0.3, 0.4) is 0 Å². The number of nitriles is 1. The number of piperazine rings is 1. The molecule has 3 N–H and O–H groups in total. The largest absolute Gasteiger partial charge is 0.490 e. The zero-order chi connectivity index (χ0) is 26.4. The van der Waals surface area contributed by atoms with Gasteiger partial charge in [-0.05, 0) is 31.0 Å². The molecule has 2 aliphatic rings. The first-order valence-corrected chi connectivity index (χ1v) is 11.7. The number of pyridine rings is 1. The number of carbonyl (C=O) groups is 1. The number of H-pyrrole nitrogens is 1. The minimum absolute atomic E-state index is 0.670. The van der Waals surface area contributed by atoms with Crippen LogP contribution in [0, 0.1) is 11.3 Å². The first-order valence-electron chi connectivity index (χ1n) is 11.7. The molecule has 3 aromatic rings. The van der Waals surface area contributed by atoms with Crippen LogP contribution in [0.2, 0.25) is 0 Å². The number of rotatable bonds is 4. The summed E-state index contributed by atoms with van der Waals surface area (Å²) >= 11 is 0. The van der Waals surface area contributed by atoms with E-state index in [1.807, 2.05) is 30.6 Å². The van der Waals surface area contributed by atoms with Crippen LogP contribution in [0.25, 0.3) is 22.5 Å². The van der Waals surface area contributed by atoms with E-state index in [-0.39, 0.29) is 0 Å². The van der Waals surface area contributed by atoms with Gasteiger partial charge in [-0.15, -0.1) is 0 Å². The van der Waals surface area contributed by atoms with Gasteiger partial charge in [-0.3, -0.25) is 4.98 Å². The van der Waals surface area contributed by atoms with E-state index >= 15 is 0 Å². The van der Waals surface area contributed by atoms with Crippen LogP contribution < -0.4 is 15.1 Å². The van der Waals surface area contributed by atoms with Gasteiger partial charge in [0.1, 0.15) is 11.9 Å². The Hall–Kier alpha value is -4.18. The highest BCUT2D eigenvalue weighted by atomic mass is 19.4. The van der Waals surface area contributed by atoms with Crippen molar-refractivity contribution in [3.8, 4) is 28.6 Å². The van der Waals surface area contributed by atoms with E-state index in [4.69, 9.17) is 9.90 Å². The number of anilines is 2. The fourth-order valence-corrected chi connectivity index (χ4v) is 4.11. The molecule has 10 nitrogen and oxygen atoms in total. The number of halogens is 3. The third-order valence-electron chi connectivity index (χ3n) is 5.99. The number of hydrogen-bond donors (Lipinski definition) is 3. The van der Waals surface area contributed by atoms with Gasteiger partial charge in [0.15, 0.2) is 0 Å². The molecule has 0 saturated carbocycles. The van der Waals surface area contributed by atoms with Gasteiger partial charge in [-0.25, -0.2) is 14.8 Å². The molecular weight excluding hydrogens is 489 g/mol. The van der Waals surface area contributed by atoms with E-state index in [0.29, 0.717) is 5.56 Å². The molecule has 0 aliphatic carbocycles. The molecule has 37 heavy (non-hydrogen) atoms. The standard InChI is InChI=1S/C22H24N8.C2HF3O2/c23-13-17-12-20(28-21(17)29-9-5-24-6-10-29)16-3-4-25-19(11-16)18-14-26-22(27-15-18)30-7-1-2-8-30;3-2(4,5)1(6)7/h3-4,11-12,14-15,24,28H,1-2,5-10H2;(H,6,7). The molecule has 0 amide bonds. The summed E-state index contributed by atoms with van der Waals surface area (Å²) < 4.78 is 31.7. The highest BCUT2D eigenvalue weighted by molar-refractivity contribution is 5.73. The molecule has 0 unspecified atom stereocenters. The molecule has 0 bridgehead atoms. The normalized spacial score (nSPS) is 15.6. The van der Waals surface area contributed by atoms with Gasteiger partial charge in [0.2, 0.25) is 5.95 Å². The number of aliphatic carboxylic acids is 1. The van der Waals surface area contributed by atoms with E-state index in [2.05, 4.69) is 41.1 Å². The topological polar surface area (TPSA) is 134 Å². The lowest BCUT2D eigenvalue weighted by atomic mass is 10.1. The lowest BCUT2D eigenvalue weighted by Gasteiger charge is -2.28. The Labute approximate surface area is 210 Å². The average Bonchev–Trinajstić information content (AvgIpc) is 3.60. The molecule has 3 aromatic heterocycles. The number of nitrogens with one attached hydrogen (secondary N) is 2. The monoisotopic (exact) mass is 514 g/mol. The summed E-state index contributed by atoms with van der Waals surface area (Å²) in [6, 6.07) is 8.22. The molecular formula is C24H25F3N8O2. The van der Waals surface area contributed by atoms with Gasteiger partial charge in [0.25, 0.3) is 0 Å². The number of carboxylic acids is 1. The zero-order valence-electron chi connectivity index (χ0n) is 19.8. The van der Waals surface area contributed by atoms with Gasteiger partial charge in [-0.2, -0.15) is 18.4 Å². The highest BCUT2D eigenvalue weighted by Gasteiger charge is 2.38. The van der Waals surface area contributed by atoms with Crippen LogP contribution in [-0.2, 0) is 4.79 Å². The Kier molecular flexibility index (Phi) is 7.88. The van der Waals surface area contributed by atoms with Crippen molar-refractivity contribution in [2.75, 3.05) is 49.1 Å². The molecule has 2 aliphatic heterocycles.